The molecular formula is C33H45N3O5S. The largest absolute Gasteiger partial charge is 0.494 e. The standard InChI is InChI=1S/C33H45N3O5S/c1-8-41-24-13-11-22(12-14-24)34-17-9-15-32(7)25(28(34)38)26-29(39)36(23(20-37)19-21(2)3)27-30(40)35(31(4,5)6)18-10-16-33(26,27)42-32/h9-16,21,23,25-27,37H,8,17-20H2,1-7H3/t23-,25+,26+,27?,32-,33+/m1/s1. The molecule has 42 heavy (non-hydrogen) atoms. The number of amides is 3. The average Bonchev–Trinajstić information content (AvgIpc) is 3.18. The lowest BCUT2D eigenvalue weighted by atomic mass is 9.74. The van der Waals surface area contributed by atoms with E-state index >= 15 is 0 Å². The molecule has 1 unspecified atom stereocenters. The Labute approximate surface area is 254 Å². The Hall–Kier alpha value is -2.78. The first kappa shape index (κ1) is 30.7. The lowest BCUT2D eigenvalue weighted by Gasteiger charge is -2.43. The second-order valence-electron chi connectivity index (χ2n) is 13.5. The van der Waals surface area contributed by atoms with Gasteiger partial charge in [-0.25, -0.2) is 0 Å². The van der Waals surface area contributed by atoms with Crippen LogP contribution in [0.2, 0.25) is 0 Å². The molecule has 0 bridgehead atoms. The van der Waals surface area contributed by atoms with Crippen molar-refractivity contribution >= 4 is 35.2 Å². The maximum atomic E-state index is 14.7. The summed E-state index contributed by atoms with van der Waals surface area (Å²) in [7, 11) is 0. The van der Waals surface area contributed by atoms with Gasteiger partial charge in [-0.05, 0) is 71.2 Å². The van der Waals surface area contributed by atoms with Gasteiger partial charge in [0.1, 0.15) is 11.8 Å². The smallest absolute Gasteiger partial charge is 0.247 e. The quantitative estimate of drug-likeness (QED) is 0.474. The van der Waals surface area contributed by atoms with Gasteiger partial charge in [0.2, 0.25) is 17.7 Å². The van der Waals surface area contributed by atoms with Crippen LogP contribution >= 0.6 is 11.8 Å². The molecule has 0 aliphatic carbocycles. The number of benzene rings is 1. The highest BCUT2D eigenvalue weighted by Crippen LogP contribution is 2.66. The van der Waals surface area contributed by atoms with Crippen molar-refractivity contribution in [1.29, 1.82) is 0 Å². The fraction of sp³-hybridized carbons (Fsp3) is 0.606. The molecule has 4 aliphatic rings. The SMILES string of the molecule is CCOc1ccc(N2CC=C[C@@]3(C)S[C@]45C=CCN(C(C)(C)C)C(=O)C4N([C@@H](CO)CC(C)C)C(=O)[C@@H]5[C@H]3C2=O)cc1. The van der Waals surface area contributed by atoms with Gasteiger partial charge >= 0.3 is 0 Å². The van der Waals surface area contributed by atoms with E-state index in [2.05, 4.69) is 19.9 Å². The van der Waals surface area contributed by atoms with Crippen LogP contribution in [0.15, 0.2) is 48.6 Å². The van der Waals surface area contributed by atoms with E-state index in [0.29, 0.717) is 26.1 Å². The van der Waals surface area contributed by atoms with E-state index in [4.69, 9.17) is 4.74 Å². The summed E-state index contributed by atoms with van der Waals surface area (Å²) < 4.78 is 3.96. The van der Waals surface area contributed by atoms with Crippen molar-refractivity contribution in [3.05, 3.63) is 48.6 Å². The van der Waals surface area contributed by atoms with Gasteiger partial charge in [0.05, 0.1) is 35.8 Å². The van der Waals surface area contributed by atoms with E-state index in [-0.39, 0.29) is 30.2 Å². The first-order valence-corrected chi connectivity index (χ1v) is 15.9. The van der Waals surface area contributed by atoms with Crippen molar-refractivity contribution in [2.75, 3.05) is 31.2 Å². The lowest BCUT2D eigenvalue weighted by Crippen LogP contribution is -2.59. The maximum Gasteiger partial charge on any atom is 0.247 e. The molecule has 2 fully saturated rings. The van der Waals surface area contributed by atoms with Gasteiger partial charge in [0.25, 0.3) is 0 Å². The van der Waals surface area contributed by atoms with Gasteiger partial charge in [-0.1, -0.05) is 38.2 Å². The number of carbonyl (C=O) groups is 3. The number of thioether (sulfide) groups is 1. The third-order valence-corrected chi connectivity index (χ3v) is 10.9. The van der Waals surface area contributed by atoms with Gasteiger partial charge in [0.15, 0.2) is 0 Å². The summed E-state index contributed by atoms with van der Waals surface area (Å²) in [5.41, 5.74) is 0.269. The van der Waals surface area contributed by atoms with Crippen molar-refractivity contribution < 1.29 is 24.2 Å². The van der Waals surface area contributed by atoms with Crippen LogP contribution < -0.4 is 9.64 Å². The highest BCUT2D eigenvalue weighted by atomic mass is 32.2. The molecule has 1 spiro atoms. The fourth-order valence-corrected chi connectivity index (χ4v) is 9.54. The van der Waals surface area contributed by atoms with Crippen LogP contribution in [-0.2, 0) is 14.4 Å². The zero-order valence-electron chi connectivity index (χ0n) is 25.9. The number of rotatable bonds is 7. The summed E-state index contributed by atoms with van der Waals surface area (Å²) in [5, 5.41) is 10.6. The van der Waals surface area contributed by atoms with Crippen molar-refractivity contribution in [1.82, 2.24) is 9.80 Å². The Bertz CT molecular complexity index is 1290. The van der Waals surface area contributed by atoms with Gasteiger partial charge in [-0.2, -0.15) is 0 Å². The normalized spacial score (nSPS) is 31.7. The molecule has 5 rings (SSSR count). The number of aliphatic hydroxyl groups is 1. The molecule has 1 aromatic rings. The number of nitrogens with zero attached hydrogens (tertiary/aromatic N) is 3. The first-order chi connectivity index (χ1) is 19.8. The lowest BCUT2D eigenvalue weighted by molar-refractivity contribution is -0.148. The fourth-order valence-electron chi connectivity index (χ4n) is 7.40. The summed E-state index contributed by atoms with van der Waals surface area (Å²) >= 11 is 1.57. The third-order valence-electron chi connectivity index (χ3n) is 9.11. The second kappa shape index (κ2) is 11.1. The zero-order chi connectivity index (χ0) is 30.6. The molecule has 0 aromatic heterocycles. The van der Waals surface area contributed by atoms with E-state index in [9.17, 15) is 19.5 Å². The van der Waals surface area contributed by atoms with Crippen LogP contribution in [0.25, 0.3) is 0 Å². The third kappa shape index (κ3) is 4.86. The predicted octanol–water partition coefficient (Wildman–Crippen LogP) is 4.28. The van der Waals surface area contributed by atoms with Crippen molar-refractivity contribution in [3.63, 3.8) is 0 Å². The molecule has 3 amide bonds. The maximum absolute atomic E-state index is 14.7. The van der Waals surface area contributed by atoms with Crippen molar-refractivity contribution in [3.8, 4) is 5.75 Å². The Morgan fingerprint density at radius 3 is 2.26 bits per heavy atom. The Morgan fingerprint density at radius 1 is 1.00 bits per heavy atom. The van der Waals surface area contributed by atoms with Crippen molar-refractivity contribution in [2.24, 2.45) is 17.8 Å². The van der Waals surface area contributed by atoms with Crippen molar-refractivity contribution in [2.45, 2.75) is 82.0 Å². The molecule has 4 aliphatic heterocycles. The van der Waals surface area contributed by atoms with Crippen LogP contribution in [0.4, 0.5) is 5.69 Å². The molecule has 4 heterocycles. The average molecular weight is 596 g/mol. The van der Waals surface area contributed by atoms with Crippen LogP contribution in [0.3, 0.4) is 0 Å². The highest BCUT2D eigenvalue weighted by Gasteiger charge is 2.74. The van der Waals surface area contributed by atoms with Gasteiger partial charge in [-0.15, -0.1) is 11.8 Å². The summed E-state index contributed by atoms with van der Waals surface area (Å²) in [6, 6.07) is 6.13. The highest BCUT2D eigenvalue weighted by molar-refractivity contribution is 8.02. The molecular weight excluding hydrogens is 550 g/mol. The zero-order valence-corrected chi connectivity index (χ0v) is 26.7. The Balaban J connectivity index is 1.63. The van der Waals surface area contributed by atoms with Crippen LogP contribution in [0.1, 0.15) is 54.9 Å². The summed E-state index contributed by atoms with van der Waals surface area (Å²) in [6.45, 7) is 15.2. The summed E-state index contributed by atoms with van der Waals surface area (Å²) in [5.74, 6) is -0.976. The first-order valence-electron chi connectivity index (χ1n) is 15.1. The molecule has 9 heteroatoms. The molecule has 8 nitrogen and oxygen atoms in total. The van der Waals surface area contributed by atoms with E-state index in [0.717, 1.165) is 11.4 Å². The number of fused-ring (bicyclic) bond motifs is 2. The predicted molar refractivity (Wildman–Crippen MR) is 166 cm³/mol. The van der Waals surface area contributed by atoms with E-state index in [1.54, 1.807) is 21.6 Å². The van der Waals surface area contributed by atoms with E-state index in [1.807, 2.05) is 82.0 Å². The van der Waals surface area contributed by atoms with Gasteiger partial charge < -0.3 is 24.5 Å². The van der Waals surface area contributed by atoms with E-state index in [1.165, 1.54) is 0 Å². The monoisotopic (exact) mass is 595 g/mol. The van der Waals surface area contributed by atoms with Crippen LogP contribution in [0, 0.1) is 17.8 Å². The Kier molecular flexibility index (Phi) is 8.07. The van der Waals surface area contributed by atoms with Crippen LogP contribution in [0.5, 0.6) is 5.75 Å². The minimum atomic E-state index is -0.945. The second-order valence-corrected chi connectivity index (χ2v) is 15.3. The van der Waals surface area contributed by atoms with Crippen LogP contribution in [-0.4, -0.2) is 86.0 Å². The number of anilines is 1. The molecule has 2 saturated heterocycles. The molecule has 1 aromatic carbocycles. The molecule has 1 N–H and O–H groups in total. The molecule has 228 valence electrons. The minimum absolute atomic E-state index is 0.127. The van der Waals surface area contributed by atoms with E-state index < -0.39 is 39.0 Å². The summed E-state index contributed by atoms with van der Waals surface area (Å²) in [4.78, 5) is 49.2. The number of hydrogen-bond donors (Lipinski definition) is 1. The minimum Gasteiger partial charge on any atom is -0.494 e. The summed E-state index contributed by atoms with van der Waals surface area (Å²) in [6.07, 6.45) is 8.69. The number of ether oxygens (including phenoxy) is 1. The number of aliphatic hydroxyl groups excluding tert-OH is 1. The molecule has 0 radical (unpaired) electrons. The Morgan fingerprint density at radius 2 is 1.67 bits per heavy atom. The molecule has 0 saturated carbocycles. The number of likely N-dealkylation sites (tertiary alicyclic amines) is 1. The topological polar surface area (TPSA) is 90.4 Å². The number of hydrogen-bond acceptors (Lipinski definition) is 6. The van der Waals surface area contributed by atoms with Gasteiger partial charge in [-0.3, -0.25) is 14.4 Å². The van der Waals surface area contributed by atoms with Gasteiger partial charge in [0, 0.05) is 29.1 Å². The molecule has 6 atom stereocenters. The number of carbonyl (C=O) groups excluding carboxylic acids is 3.